The van der Waals surface area contributed by atoms with Crippen LogP contribution in [-0.2, 0) is 0 Å². The summed E-state index contributed by atoms with van der Waals surface area (Å²) >= 11 is 1.76. The highest BCUT2D eigenvalue weighted by Gasteiger charge is 2.27. The summed E-state index contributed by atoms with van der Waals surface area (Å²) in [5, 5.41) is 4.37. The topological polar surface area (TPSA) is 15.3 Å². The molecule has 0 radical (unpaired) electrons. The number of thiophene rings is 1. The lowest BCUT2D eigenvalue weighted by Gasteiger charge is -2.27. The highest BCUT2D eigenvalue weighted by atomic mass is 32.1. The second-order valence-corrected chi connectivity index (χ2v) is 7.59. The molecule has 1 atom stereocenters. The third-order valence-corrected chi connectivity index (χ3v) is 5.51. The summed E-state index contributed by atoms with van der Waals surface area (Å²) in [6, 6.07) is 24.0. The van der Waals surface area contributed by atoms with E-state index in [-0.39, 0.29) is 6.04 Å². The van der Waals surface area contributed by atoms with E-state index >= 15 is 0 Å². The number of hydrogen-bond acceptors (Lipinski definition) is 3. The molecule has 3 heteroatoms. The van der Waals surface area contributed by atoms with Crippen molar-refractivity contribution in [2.24, 2.45) is 0 Å². The average molecular weight is 346 g/mol. The van der Waals surface area contributed by atoms with Gasteiger partial charge in [-0.2, -0.15) is 0 Å². The third kappa shape index (κ3) is 3.20. The van der Waals surface area contributed by atoms with Gasteiger partial charge in [-0.15, -0.1) is 11.3 Å². The van der Waals surface area contributed by atoms with E-state index in [4.69, 9.17) is 0 Å². The number of rotatable bonds is 4. The first kappa shape index (κ1) is 16.0. The van der Waals surface area contributed by atoms with Crippen molar-refractivity contribution in [2.45, 2.75) is 25.8 Å². The molecule has 2 heterocycles. The molecule has 0 amide bonds. The fourth-order valence-electron chi connectivity index (χ4n) is 3.18. The monoisotopic (exact) mass is 346 g/mol. The lowest BCUT2D eigenvalue weighted by Crippen LogP contribution is -2.33. The summed E-state index contributed by atoms with van der Waals surface area (Å²) in [7, 11) is 0. The van der Waals surface area contributed by atoms with Crippen molar-refractivity contribution in [3.63, 3.8) is 0 Å². The van der Waals surface area contributed by atoms with E-state index in [1.807, 2.05) is 0 Å². The van der Waals surface area contributed by atoms with Gasteiger partial charge in [-0.25, -0.2) is 0 Å². The number of para-hydroxylation sites is 1. The molecular weight excluding hydrogens is 324 g/mol. The number of nitrogens with zero attached hydrogens (tertiary/aromatic N) is 1. The van der Waals surface area contributed by atoms with Gasteiger partial charge in [0.05, 0.1) is 22.3 Å². The molecule has 4 rings (SSSR count). The lowest BCUT2D eigenvalue weighted by molar-refractivity contribution is 0.723. The molecule has 0 bridgehead atoms. The van der Waals surface area contributed by atoms with Crippen LogP contribution in [0.4, 0.5) is 5.69 Å². The van der Waals surface area contributed by atoms with Crippen LogP contribution in [0.5, 0.6) is 0 Å². The van der Waals surface area contributed by atoms with E-state index < -0.39 is 0 Å². The summed E-state index contributed by atoms with van der Waals surface area (Å²) in [6.07, 6.45) is 2.32. The molecule has 25 heavy (non-hydrogen) atoms. The van der Waals surface area contributed by atoms with Gasteiger partial charge < -0.3 is 0 Å². The Bertz CT molecular complexity index is 849. The number of hydrazine groups is 1. The summed E-state index contributed by atoms with van der Waals surface area (Å²) in [5.74, 6) is 0.554. The van der Waals surface area contributed by atoms with Gasteiger partial charge >= 0.3 is 0 Å². The van der Waals surface area contributed by atoms with Gasteiger partial charge in [0.1, 0.15) is 0 Å². The first-order valence-electron chi connectivity index (χ1n) is 8.69. The van der Waals surface area contributed by atoms with Crippen molar-refractivity contribution in [2.75, 3.05) is 5.01 Å². The van der Waals surface area contributed by atoms with E-state index in [1.54, 1.807) is 11.3 Å². The van der Waals surface area contributed by atoms with Crippen molar-refractivity contribution < 1.29 is 0 Å². The number of anilines is 1. The Morgan fingerprint density at radius 1 is 0.920 bits per heavy atom. The minimum absolute atomic E-state index is 0.181. The van der Waals surface area contributed by atoms with E-state index in [0.29, 0.717) is 5.92 Å². The second-order valence-electron chi connectivity index (χ2n) is 6.64. The van der Waals surface area contributed by atoms with Crippen molar-refractivity contribution >= 4 is 22.7 Å². The van der Waals surface area contributed by atoms with E-state index in [0.717, 1.165) is 0 Å². The fourth-order valence-corrected chi connectivity index (χ4v) is 3.88. The fraction of sp³-hybridized carbons (Fsp3) is 0.182. The second kappa shape index (κ2) is 6.77. The minimum atomic E-state index is 0.181. The van der Waals surface area contributed by atoms with Crippen molar-refractivity contribution in [1.29, 1.82) is 0 Å². The smallest absolute Gasteiger partial charge is 0.0958 e. The molecule has 1 aromatic heterocycles. The van der Waals surface area contributed by atoms with E-state index in [1.165, 1.54) is 27.4 Å². The van der Waals surface area contributed by atoms with Crippen LogP contribution in [0.15, 0.2) is 78.2 Å². The maximum atomic E-state index is 3.60. The largest absolute Gasteiger partial charge is 0.296 e. The van der Waals surface area contributed by atoms with Gasteiger partial charge in [-0.05, 0) is 46.7 Å². The molecule has 0 saturated heterocycles. The zero-order valence-corrected chi connectivity index (χ0v) is 15.3. The highest BCUT2D eigenvalue weighted by molar-refractivity contribution is 7.11. The van der Waals surface area contributed by atoms with Crippen molar-refractivity contribution in [3.8, 4) is 0 Å². The summed E-state index contributed by atoms with van der Waals surface area (Å²) in [4.78, 5) is 1.27. The van der Waals surface area contributed by atoms with Crippen LogP contribution in [0.1, 0.15) is 41.8 Å². The zero-order valence-electron chi connectivity index (χ0n) is 14.5. The lowest BCUT2D eigenvalue weighted by atomic mass is 9.98. The summed E-state index contributed by atoms with van der Waals surface area (Å²) < 4.78 is 0. The summed E-state index contributed by atoms with van der Waals surface area (Å²) in [5.41, 5.74) is 8.62. The van der Waals surface area contributed by atoms with Gasteiger partial charge in [0.15, 0.2) is 0 Å². The van der Waals surface area contributed by atoms with Gasteiger partial charge in [0, 0.05) is 0 Å². The molecule has 0 spiro atoms. The standard InChI is InChI=1S/C22H22N2S/c1-16(2)17-10-12-18(13-11-17)21-15-20(22-9-6-14-25-22)23-24(21)19-7-4-3-5-8-19/h3-16,21,23H,1-2H3. The average Bonchev–Trinajstić information content (AvgIpc) is 3.32. The predicted molar refractivity (Wildman–Crippen MR) is 108 cm³/mol. The Hall–Kier alpha value is -2.52. The molecule has 1 N–H and O–H groups in total. The van der Waals surface area contributed by atoms with Crippen LogP contribution in [0.3, 0.4) is 0 Å². The van der Waals surface area contributed by atoms with Crippen LogP contribution < -0.4 is 10.4 Å². The Balaban J connectivity index is 1.72. The first-order valence-corrected chi connectivity index (χ1v) is 9.57. The SMILES string of the molecule is CC(C)c1ccc(C2C=C(c3cccs3)NN2c2ccccc2)cc1. The Kier molecular flexibility index (Phi) is 4.33. The maximum absolute atomic E-state index is 3.60. The van der Waals surface area contributed by atoms with E-state index in [2.05, 4.69) is 102 Å². The van der Waals surface area contributed by atoms with Gasteiger partial charge in [0.2, 0.25) is 0 Å². The Labute approximate surface area is 153 Å². The number of nitrogens with one attached hydrogen (secondary N) is 1. The Morgan fingerprint density at radius 3 is 2.32 bits per heavy atom. The third-order valence-electron chi connectivity index (χ3n) is 4.61. The van der Waals surface area contributed by atoms with E-state index in [9.17, 15) is 0 Å². The molecule has 1 unspecified atom stereocenters. The quantitative estimate of drug-likeness (QED) is 0.625. The first-order chi connectivity index (χ1) is 12.2. The van der Waals surface area contributed by atoms with Crippen molar-refractivity contribution in [1.82, 2.24) is 5.43 Å². The van der Waals surface area contributed by atoms with Crippen LogP contribution in [0, 0.1) is 0 Å². The Morgan fingerprint density at radius 2 is 1.68 bits per heavy atom. The molecule has 3 aromatic rings. The highest BCUT2D eigenvalue weighted by Crippen LogP contribution is 2.36. The predicted octanol–water partition coefficient (Wildman–Crippen LogP) is 5.98. The van der Waals surface area contributed by atoms with Gasteiger partial charge in [-0.1, -0.05) is 62.4 Å². The minimum Gasteiger partial charge on any atom is -0.296 e. The van der Waals surface area contributed by atoms with Crippen LogP contribution in [0.25, 0.3) is 5.70 Å². The summed E-state index contributed by atoms with van der Waals surface area (Å²) in [6.45, 7) is 4.47. The molecule has 126 valence electrons. The van der Waals surface area contributed by atoms with Gasteiger partial charge in [-0.3, -0.25) is 10.4 Å². The zero-order chi connectivity index (χ0) is 17.2. The molecule has 2 nitrogen and oxygen atoms in total. The molecule has 0 saturated carbocycles. The van der Waals surface area contributed by atoms with Crippen LogP contribution >= 0.6 is 11.3 Å². The number of benzene rings is 2. The number of hydrogen-bond donors (Lipinski definition) is 1. The van der Waals surface area contributed by atoms with Crippen LogP contribution in [0.2, 0.25) is 0 Å². The molecule has 1 aliphatic rings. The van der Waals surface area contributed by atoms with Crippen molar-refractivity contribution in [3.05, 3.63) is 94.2 Å². The normalized spacial score (nSPS) is 16.8. The molecule has 0 aliphatic carbocycles. The molecule has 1 aliphatic heterocycles. The molecular formula is C22H22N2S. The maximum Gasteiger partial charge on any atom is 0.0958 e. The van der Waals surface area contributed by atoms with Gasteiger partial charge in [0.25, 0.3) is 0 Å². The molecule has 0 fully saturated rings. The van der Waals surface area contributed by atoms with Crippen LogP contribution in [-0.4, -0.2) is 0 Å². The molecule has 2 aromatic carbocycles.